The molecule has 0 aliphatic rings. The molecule has 0 radical (unpaired) electrons. The van der Waals surface area contributed by atoms with Crippen LogP contribution in [0.1, 0.15) is 31.0 Å². The minimum atomic E-state index is -0.318. The molecule has 2 atom stereocenters. The number of nitrogens with zero attached hydrogens (tertiary/aromatic N) is 1. The number of hydrogen-bond acceptors (Lipinski definition) is 5. The lowest BCUT2D eigenvalue weighted by atomic mass is 9.98. The molecule has 0 N–H and O–H groups in total. The first-order valence-electron chi connectivity index (χ1n) is 7.83. The first-order valence-corrected chi connectivity index (χ1v) is 7.83. The summed E-state index contributed by atoms with van der Waals surface area (Å²) in [6.07, 6.45) is 4.06. The van der Waals surface area contributed by atoms with Gasteiger partial charge in [0.15, 0.2) is 5.89 Å². The topological polar surface area (TPSA) is 61.6 Å². The molecule has 5 heteroatoms. The highest BCUT2D eigenvalue weighted by Crippen LogP contribution is 2.20. The van der Waals surface area contributed by atoms with E-state index in [2.05, 4.69) is 4.98 Å². The molecule has 0 aliphatic heterocycles. The van der Waals surface area contributed by atoms with Crippen molar-refractivity contribution in [3.63, 3.8) is 0 Å². The van der Waals surface area contributed by atoms with Gasteiger partial charge >= 0.3 is 0 Å². The molecule has 0 spiro atoms. The van der Waals surface area contributed by atoms with Crippen LogP contribution in [0.3, 0.4) is 0 Å². The molecular formula is C19H23NO4. The fourth-order valence-corrected chi connectivity index (χ4v) is 2.44. The first-order chi connectivity index (χ1) is 11.5. The van der Waals surface area contributed by atoms with E-state index in [4.69, 9.17) is 13.9 Å². The lowest BCUT2D eigenvalue weighted by Gasteiger charge is -2.21. The number of oxazole rings is 1. The molecule has 2 aromatic rings. The van der Waals surface area contributed by atoms with Crippen molar-refractivity contribution < 1.29 is 18.7 Å². The molecule has 24 heavy (non-hydrogen) atoms. The molecule has 5 nitrogen and oxygen atoms in total. The maximum absolute atomic E-state index is 11.2. The van der Waals surface area contributed by atoms with Gasteiger partial charge in [-0.1, -0.05) is 19.1 Å². The number of aldehydes is 1. The summed E-state index contributed by atoms with van der Waals surface area (Å²) in [5.41, 5.74) is 2.67. The highest BCUT2D eigenvalue weighted by Gasteiger charge is 2.20. The third kappa shape index (κ3) is 4.80. The Balaban J connectivity index is 2.09. The van der Waals surface area contributed by atoms with E-state index in [9.17, 15) is 4.79 Å². The van der Waals surface area contributed by atoms with Crippen LogP contribution in [-0.2, 0) is 16.1 Å². The number of benzene rings is 1. The Labute approximate surface area is 142 Å². The Morgan fingerprint density at radius 3 is 2.58 bits per heavy atom. The third-order valence-corrected chi connectivity index (χ3v) is 3.74. The number of hydrogen-bond donors (Lipinski definition) is 0. The van der Waals surface area contributed by atoms with Crippen molar-refractivity contribution in [2.75, 3.05) is 7.11 Å². The van der Waals surface area contributed by atoms with E-state index in [0.717, 1.165) is 28.9 Å². The van der Waals surface area contributed by atoms with Gasteiger partial charge in [-0.25, -0.2) is 4.98 Å². The molecule has 0 amide bonds. The van der Waals surface area contributed by atoms with Gasteiger partial charge in [-0.15, -0.1) is 0 Å². The second-order valence-electron chi connectivity index (χ2n) is 5.75. The Morgan fingerprint density at radius 1 is 1.33 bits per heavy atom. The zero-order valence-electron chi connectivity index (χ0n) is 14.5. The summed E-state index contributed by atoms with van der Waals surface area (Å²) in [5.74, 6) is 1.15. The molecule has 0 unspecified atom stereocenters. The van der Waals surface area contributed by atoms with Gasteiger partial charge in [0.05, 0.1) is 19.8 Å². The SMILES string of the molecule is COc1ccc(CO[C@@H](/C(C)=C/c2coc(C)n2)[C@H](C)C=O)cc1. The number of methoxy groups -OCH3 is 1. The largest absolute Gasteiger partial charge is 0.497 e. The van der Waals surface area contributed by atoms with Crippen molar-refractivity contribution in [1.82, 2.24) is 4.98 Å². The predicted octanol–water partition coefficient (Wildman–Crippen LogP) is 3.82. The van der Waals surface area contributed by atoms with Crippen LogP contribution in [0.25, 0.3) is 6.08 Å². The van der Waals surface area contributed by atoms with Crippen LogP contribution in [0.4, 0.5) is 0 Å². The van der Waals surface area contributed by atoms with E-state index >= 15 is 0 Å². The van der Waals surface area contributed by atoms with Crippen molar-refractivity contribution in [2.45, 2.75) is 33.5 Å². The fourth-order valence-electron chi connectivity index (χ4n) is 2.44. The number of aryl methyl sites for hydroxylation is 1. The van der Waals surface area contributed by atoms with Gasteiger partial charge in [0.25, 0.3) is 0 Å². The Hall–Kier alpha value is -2.40. The second kappa shape index (κ2) is 8.45. The highest BCUT2D eigenvalue weighted by atomic mass is 16.5. The summed E-state index contributed by atoms with van der Waals surface area (Å²) >= 11 is 0. The summed E-state index contributed by atoms with van der Waals surface area (Å²) in [6, 6.07) is 7.67. The monoisotopic (exact) mass is 329 g/mol. The summed E-state index contributed by atoms with van der Waals surface area (Å²) in [5, 5.41) is 0. The van der Waals surface area contributed by atoms with E-state index in [1.807, 2.05) is 44.2 Å². The molecule has 0 saturated heterocycles. The van der Waals surface area contributed by atoms with Gasteiger partial charge in [-0.2, -0.15) is 0 Å². The van der Waals surface area contributed by atoms with Gasteiger partial charge in [-0.3, -0.25) is 0 Å². The number of rotatable bonds is 8. The first kappa shape index (κ1) is 17.9. The van der Waals surface area contributed by atoms with Gasteiger partial charge in [0.2, 0.25) is 0 Å². The van der Waals surface area contributed by atoms with Crippen molar-refractivity contribution in [3.8, 4) is 5.75 Å². The standard InChI is InChI=1S/C19H23NO4/c1-13(9-17-12-23-15(3)20-17)19(14(2)10-21)24-11-16-5-7-18(22-4)8-6-16/h5-10,12,14,19H,11H2,1-4H3/b13-9+/t14-,19+/m1/s1. The second-order valence-corrected chi connectivity index (χ2v) is 5.75. The molecule has 0 fully saturated rings. The van der Waals surface area contributed by atoms with Crippen LogP contribution >= 0.6 is 0 Å². The quantitative estimate of drug-likeness (QED) is 0.689. The van der Waals surface area contributed by atoms with E-state index in [1.54, 1.807) is 20.3 Å². The van der Waals surface area contributed by atoms with Gasteiger partial charge < -0.3 is 18.7 Å². The van der Waals surface area contributed by atoms with Crippen molar-refractivity contribution in [2.24, 2.45) is 5.92 Å². The van der Waals surface area contributed by atoms with Crippen LogP contribution in [-0.4, -0.2) is 24.5 Å². The molecule has 2 rings (SSSR count). The van der Waals surface area contributed by atoms with Crippen LogP contribution in [0.15, 0.2) is 40.5 Å². The molecular weight excluding hydrogens is 306 g/mol. The van der Waals surface area contributed by atoms with Crippen LogP contribution in [0, 0.1) is 12.8 Å². The van der Waals surface area contributed by atoms with E-state index in [-0.39, 0.29) is 12.0 Å². The molecule has 1 heterocycles. The van der Waals surface area contributed by atoms with Crippen molar-refractivity contribution in [1.29, 1.82) is 0 Å². The van der Waals surface area contributed by atoms with E-state index in [1.165, 1.54) is 0 Å². The smallest absolute Gasteiger partial charge is 0.191 e. The summed E-state index contributed by atoms with van der Waals surface area (Å²) in [7, 11) is 1.63. The minimum Gasteiger partial charge on any atom is -0.497 e. The number of ether oxygens (including phenoxy) is 2. The van der Waals surface area contributed by atoms with Crippen LogP contribution in [0.2, 0.25) is 0 Å². The zero-order chi connectivity index (χ0) is 17.5. The zero-order valence-corrected chi connectivity index (χ0v) is 14.5. The maximum Gasteiger partial charge on any atom is 0.191 e. The minimum absolute atomic E-state index is 0.257. The Bertz CT molecular complexity index is 688. The number of carbonyl (C=O) groups is 1. The number of carbonyl (C=O) groups excluding carboxylic acids is 1. The average molecular weight is 329 g/mol. The molecule has 0 bridgehead atoms. The predicted molar refractivity (Wildman–Crippen MR) is 91.7 cm³/mol. The van der Waals surface area contributed by atoms with Gasteiger partial charge in [0.1, 0.15) is 24.0 Å². The fraction of sp³-hybridized carbons (Fsp3) is 0.368. The maximum atomic E-state index is 11.2. The summed E-state index contributed by atoms with van der Waals surface area (Å²) < 4.78 is 16.3. The molecule has 1 aromatic carbocycles. The molecule has 1 aromatic heterocycles. The van der Waals surface area contributed by atoms with E-state index in [0.29, 0.717) is 12.5 Å². The van der Waals surface area contributed by atoms with Gasteiger partial charge in [-0.05, 0) is 36.3 Å². The lowest BCUT2D eigenvalue weighted by Crippen LogP contribution is -2.24. The normalized spacial score (nSPS) is 14.2. The van der Waals surface area contributed by atoms with E-state index < -0.39 is 0 Å². The van der Waals surface area contributed by atoms with Crippen molar-refractivity contribution in [3.05, 3.63) is 53.2 Å². The molecule has 0 aliphatic carbocycles. The van der Waals surface area contributed by atoms with Crippen LogP contribution < -0.4 is 4.74 Å². The van der Waals surface area contributed by atoms with Crippen molar-refractivity contribution >= 4 is 12.4 Å². The molecule has 0 saturated carbocycles. The Kier molecular flexibility index (Phi) is 6.32. The van der Waals surface area contributed by atoms with Crippen LogP contribution in [0.5, 0.6) is 5.75 Å². The Morgan fingerprint density at radius 2 is 2.04 bits per heavy atom. The summed E-state index contributed by atoms with van der Waals surface area (Å²) in [6.45, 7) is 5.98. The van der Waals surface area contributed by atoms with Gasteiger partial charge in [0, 0.05) is 12.8 Å². The third-order valence-electron chi connectivity index (χ3n) is 3.74. The highest BCUT2D eigenvalue weighted by molar-refractivity contribution is 5.57. The average Bonchev–Trinajstić information content (AvgIpc) is 3.00. The molecule has 128 valence electrons. The number of aromatic nitrogens is 1. The lowest BCUT2D eigenvalue weighted by molar-refractivity contribution is -0.114. The summed E-state index contributed by atoms with van der Waals surface area (Å²) in [4.78, 5) is 15.5.